The fourth-order valence-electron chi connectivity index (χ4n) is 2.08. The first-order valence-corrected chi connectivity index (χ1v) is 5.82. The smallest absolute Gasteiger partial charge is 0.404 e. The Labute approximate surface area is 101 Å². The molecule has 0 saturated carbocycles. The number of benzene rings is 1. The number of carbonyl (C=O) groups is 1. The molecule has 86 valence electrons. The predicted octanol–water partition coefficient (Wildman–Crippen LogP) is 2.71. The predicted molar refractivity (Wildman–Crippen MR) is 61.1 cm³/mol. The van der Waals surface area contributed by atoms with E-state index in [0.29, 0.717) is 18.4 Å². The first-order valence-electron chi connectivity index (χ1n) is 5.02. The van der Waals surface area contributed by atoms with Gasteiger partial charge in [0.05, 0.1) is 0 Å². The minimum absolute atomic E-state index is 0.180. The molecule has 1 aromatic carbocycles. The Balaban J connectivity index is 2.23. The third kappa shape index (κ3) is 2.35. The van der Waals surface area contributed by atoms with Gasteiger partial charge in [0.15, 0.2) is 0 Å². The highest BCUT2D eigenvalue weighted by Crippen LogP contribution is 2.27. The highest BCUT2D eigenvalue weighted by atomic mass is 79.9. The van der Waals surface area contributed by atoms with Crippen LogP contribution in [0.4, 0.5) is 9.18 Å². The summed E-state index contributed by atoms with van der Waals surface area (Å²) in [6.07, 6.45) is 0.804. The van der Waals surface area contributed by atoms with Crippen LogP contribution in [0.25, 0.3) is 0 Å². The third-order valence-electron chi connectivity index (χ3n) is 2.79. The molecule has 0 fully saturated rings. The number of halogens is 2. The third-order valence-corrected chi connectivity index (χ3v) is 3.25. The van der Waals surface area contributed by atoms with Crippen LogP contribution in [0.15, 0.2) is 16.6 Å². The first kappa shape index (κ1) is 11.4. The van der Waals surface area contributed by atoms with Crippen molar-refractivity contribution in [1.29, 1.82) is 0 Å². The summed E-state index contributed by atoms with van der Waals surface area (Å²) in [5.41, 5.74) is 1.60. The Morgan fingerprint density at radius 3 is 3.00 bits per heavy atom. The summed E-state index contributed by atoms with van der Waals surface area (Å²) >= 11 is 3.25. The summed E-state index contributed by atoms with van der Waals surface area (Å²) in [5, 5.41) is 11.0. The molecule has 0 heterocycles. The van der Waals surface area contributed by atoms with Crippen molar-refractivity contribution in [2.24, 2.45) is 0 Å². The van der Waals surface area contributed by atoms with Crippen molar-refractivity contribution in [3.05, 3.63) is 33.5 Å². The van der Waals surface area contributed by atoms with E-state index >= 15 is 0 Å². The molecule has 0 saturated heterocycles. The molecule has 1 aliphatic rings. The minimum atomic E-state index is -1.05. The standard InChI is InChI=1S/C11H11BrFNO2/c12-7-3-6-1-2-8(14-11(15)16)5-9(6)10(13)4-7/h3-4,8,14H,1-2,5H2,(H,15,16). The normalized spacial score (nSPS) is 19.0. The SMILES string of the molecule is O=C(O)NC1CCc2cc(Br)cc(F)c2C1. The molecule has 3 nitrogen and oxygen atoms in total. The van der Waals surface area contributed by atoms with E-state index in [-0.39, 0.29) is 11.9 Å². The number of aryl methyl sites for hydroxylation is 1. The molecule has 16 heavy (non-hydrogen) atoms. The Kier molecular flexibility index (Phi) is 3.14. The van der Waals surface area contributed by atoms with Crippen molar-refractivity contribution in [2.45, 2.75) is 25.3 Å². The van der Waals surface area contributed by atoms with E-state index in [4.69, 9.17) is 5.11 Å². The summed E-state index contributed by atoms with van der Waals surface area (Å²) in [6, 6.07) is 3.14. The van der Waals surface area contributed by atoms with Crippen LogP contribution in [0.5, 0.6) is 0 Å². The molecule has 1 atom stereocenters. The van der Waals surface area contributed by atoms with Crippen molar-refractivity contribution in [3.8, 4) is 0 Å². The number of fused-ring (bicyclic) bond motifs is 1. The second kappa shape index (κ2) is 4.41. The number of hydrogen-bond donors (Lipinski definition) is 2. The number of hydrogen-bond acceptors (Lipinski definition) is 1. The number of amides is 1. The van der Waals surface area contributed by atoms with Crippen LogP contribution in [0.3, 0.4) is 0 Å². The van der Waals surface area contributed by atoms with E-state index < -0.39 is 6.09 Å². The van der Waals surface area contributed by atoms with Crippen molar-refractivity contribution in [3.63, 3.8) is 0 Å². The van der Waals surface area contributed by atoms with Crippen molar-refractivity contribution in [2.75, 3.05) is 0 Å². The molecule has 5 heteroatoms. The van der Waals surface area contributed by atoms with Crippen LogP contribution in [0.1, 0.15) is 17.5 Å². The van der Waals surface area contributed by atoms with Crippen LogP contribution < -0.4 is 5.32 Å². The maximum atomic E-state index is 13.6. The Bertz CT molecular complexity index is 436. The van der Waals surface area contributed by atoms with Gasteiger partial charge in [-0.2, -0.15) is 0 Å². The lowest BCUT2D eigenvalue weighted by Crippen LogP contribution is -2.38. The molecule has 1 amide bonds. The summed E-state index contributed by atoms with van der Waals surface area (Å²) in [4.78, 5) is 10.5. The van der Waals surface area contributed by atoms with Gasteiger partial charge in [-0.05, 0) is 42.5 Å². The van der Waals surface area contributed by atoms with Gasteiger partial charge in [0.2, 0.25) is 0 Å². The molecular weight excluding hydrogens is 277 g/mol. The molecule has 1 unspecified atom stereocenters. The highest BCUT2D eigenvalue weighted by molar-refractivity contribution is 9.10. The fourth-order valence-corrected chi connectivity index (χ4v) is 2.56. The van der Waals surface area contributed by atoms with E-state index in [1.807, 2.05) is 6.07 Å². The summed E-state index contributed by atoms with van der Waals surface area (Å²) in [5.74, 6) is -0.263. The Hall–Kier alpha value is -1.10. The zero-order valence-electron chi connectivity index (χ0n) is 8.46. The van der Waals surface area contributed by atoms with E-state index in [1.165, 1.54) is 6.07 Å². The maximum Gasteiger partial charge on any atom is 0.404 e. The molecule has 0 radical (unpaired) electrons. The quantitative estimate of drug-likeness (QED) is 0.834. The van der Waals surface area contributed by atoms with Crippen LogP contribution in [-0.4, -0.2) is 17.2 Å². The van der Waals surface area contributed by atoms with Gasteiger partial charge in [-0.15, -0.1) is 0 Å². The molecule has 0 aromatic heterocycles. The summed E-state index contributed by atoms with van der Waals surface area (Å²) < 4.78 is 14.4. The molecule has 0 spiro atoms. The summed E-state index contributed by atoms with van der Waals surface area (Å²) in [7, 11) is 0. The van der Waals surface area contributed by atoms with Crippen molar-refractivity contribution in [1.82, 2.24) is 5.32 Å². The lowest BCUT2D eigenvalue weighted by molar-refractivity contribution is 0.188. The van der Waals surface area contributed by atoms with Crippen LogP contribution in [0, 0.1) is 5.82 Å². The average molecular weight is 288 g/mol. The van der Waals surface area contributed by atoms with Gasteiger partial charge in [0.1, 0.15) is 5.82 Å². The average Bonchev–Trinajstić information content (AvgIpc) is 2.18. The molecule has 2 N–H and O–H groups in total. The second-order valence-electron chi connectivity index (χ2n) is 3.91. The lowest BCUT2D eigenvalue weighted by Gasteiger charge is -2.25. The number of nitrogens with one attached hydrogen (secondary N) is 1. The molecule has 1 aromatic rings. The van der Waals surface area contributed by atoms with Crippen molar-refractivity contribution >= 4 is 22.0 Å². The fraction of sp³-hybridized carbons (Fsp3) is 0.364. The Morgan fingerprint density at radius 1 is 1.56 bits per heavy atom. The molecule has 0 bridgehead atoms. The monoisotopic (exact) mass is 287 g/mol. The zero-order chi connectivity index (χ0) is 11.7. The summed E-state index contributed by atoms with van der Waals surface area (Å²) in [6.45, 7) is 0. The second-order valence-corrected chi connectivity index (χ2v) is 4.83. The van der Waals surface area contributed by atoms with E-state index in [0.717, 1.165) is 16.5 Å². The van der Waals surface area contributed by atoms with Crippen molar-refractivity contribution < 1.29 is 14.3 Å². The van der Waals surface area contributed by atoms with Gasteiger partial charge < -0.3 is 10.4 Å². The lowest BCUT2D eigenvalue weighted by atomic mass is 9.88. The van der Waals surface area contributed by atoms with E-state index in [1.54, 1.807) is 0 Å². The van der Waals surface area contributed by atoms with Gasteiger partial charge >= 0.3 is 6.09 Å². The zero-order valence-corrected chi connectivity index (χ0v) is 10.1. The van der Waals surface area contributed by atoms with Crippen LogP contribution >= 0.6 is 15.9 Å². The molecule has 0 aliphatic heterocycles. The van der Waals surface area contributed by atoms with Crippen LogP contribution in [0.2, 0.25) is 0 Å². The maximum absolute atomic E-state index is 13.6. The van der Waals surface area contributed by atoms with Crippen LogP contribution in [-0.2, 0) is 12.8 Å². The first-order chi connectivity index (χ1) is 7.56. The molecule has 2 rings (SSSR count). The number of rotatable bonds is 1. The molecule has 1 aliphatic carbocycles. The Morgan fingerprint density at radius 2 is 2.31 bits per heavy atom. The largest absolute Gasteiger partial charge is 0.465 e. The highest BCUT2D eigenvalue weighted by Gasteiger charge is 2.22. The van der Waals surface area contributed by atoms with E-state index in [2.05, 4.69) is 21.2 Å². The van der Waals surface area contributed by atoms with Gasteiger partial charge in [-0.1, -0.05) is 15.9 Å². The van der Waals surface area contributed by atoms with Gasteiger partial charge in [-0.3, -0.25) is 0 Å². The van der Waals surface area contributed by atoms with Gasteiger partial charge in [-0.25, -0.2) is 9.18 Å². The number of carboxylic acid groups (broad SMARTS) is 1. The van der Waals surface area contributed by atoms with Gasteiger partial charge in [0.25, 0.3) is 0 Å². The van der Waals surface area contributed by atoms with E-state index in [9.17, 15) is 9.18 Å². The minimum Gasteiger partial charge on any atom is -0.465 e. The van der Waals surface area contributed by atoms with Gasteiger partial charge in [0, 0.05) is 10.5 Å². The molecular formula is C11H11BrFNO2. The topological polar surface area (TPSA) is 49.3 Å².